The van der Waals surface area contributed by atoms with Crippen molar-refractivity contribution >= 4 is 15.7 Å². The Hall–Kier alpha value is -1.85. The third-order valence-corrected chi connectivity index (χ3v) is 4.42. The van der Waals surface area contributed by atoms with Crippen molar-refractivity contribution in [3.05, 3.63) is 59.2 Å². The maximum absolute atomic E-state index is 11.4. The Morgan fingerprint density at radius 3 is 2.38 bits per heavy atom. The molecule has 0 aliphatic rings. The third kappa shape index (κ3) is 3.83. The molecule has 4 nitrogen and oxygen atoms in total. The van der Waals surface area contributed by atoms with Gasteiger partial charge in [-0.1, -0.05) is 37.3 Å². The fraction of sp³-hybridized carbons (Fsp3) is 0.250. The minimum Gasteiger partial charge on any atom is -0.381 e. The smallest absolute Gasteiger partial charge is 0.238 e. The molecule has 0 bridgehead atoms. The molecule has 2 aromatic carbocycles. The van der Waals surface area contributed by atoms with Gasteiger partial charge in [0.2, 0.25) is 10.0 Å². The van der Waals surface area contributed by atoms with Gasteiger partial charge in [0.05, 0.1) is 4.90 Å². The quantitative estimate of drug-likeness (QED) is 0.892. The number of nitrogens with two attached hydrogens (primary N) is 1. The maximum Gasteiger partial charge on any atom is 0.238 e. The van der Waals surface area contributed by atoms with Crippen molar-refractivity contribution in [3.8, 4) is 0 Å². The van der Waals surface area contributed by atoms with Crippen LogP contribution in [0.1, 0.15) is 23.6 Å². The zero-order valence-corrected chi connectivity index (χ0v) is 13.1. The first-order valence-corrected chi connectivity index (χ1v) is 8.40. The molecule has 0 unspecified atom stereocenters. The average Bonchev–Trinajstić information content (AvgIpc) is 2.45. The lowest BCUT2D eigenvalue weighted by atomic mass is 10.1. The third-order valence-electron chi connectivity index (χ3n) is 3.51. The van der Waals surface area contributed by atoms with Crippen molar-refractivity contribution in [2.75, 3.05) is 5.32 Å². The van der Waals surface area contributed by atoms with Gasteiger partial charge in [0.25, 0.3) is 0 Å². The van der Waals surface area contributed by atoms with Crippen LogP contribution in [-0.2, 0) is 23.0 Å². The van der Waals surface area contributed by atoms with E-state index < -0.39 is 10.0 Å². The van der Waals surface area contributed by atoms with E-state index in [1.807, 2.05) is 19.1 Å². The molecule has 0 radical (unpaired) electrons. The number of aryl methyl sites for hydroxylation is 2. The number of hydrogen-bond donors (Lipinski definition) is 2. The number of rotatable bonds is 5. The van der Waals surface area contributed by atoms with Gasteiger partial charge < -0.3 is 5.32 Å². The van der Waals surface area contributed by atoms with E-state index in [1.54, 1.807) is 12.1 Å². The normalized spacial score (nSPS) is 11.4. The predicted molar refractivity (Wildman–Crippen MR) is 85.7 cm³/mol. The molecule has 5 heteroatoms. The molecule has 21 heavy (non-hydrogen) atoms. The molecule has 0 spiro atoms. The SMILES string of the molecule is CCc1ccccc1CNc1cc(S(N)(=O)=O)ccc1C. The fourth-order valence-corrected chi connectivity index (χ4v) is 2.77. The lowest BCUT2D eigenvalue weighted by Crippen LogP contribution is -2.13. The first-order valence-electron chi connectivity index (χ1n) is 6.86. The standard InChI is InChI=1S/C16H20N2O2S/c1-3-13-6-4-5-7-14(13)11-18-16-10-15(21(17,19)20)9-8-12(16)2/h4-10,18H,3,11H2,1-2H3,(H2,17,19,20). The maximum atomic E-state index is 11.4. The summed E-state index contributed by atoms with van der Waals surface area (Å²) in [7, 11) is -3.68. The number of hydrogen-bond acceptors (Lipinski definition) is 3. The lowest BCUT2D eigenvalue weighted by molar-refractivity contribution is 0.598. The van der Waals surface area contributed by atoms with Crippen LogP contribution >= 0.6 is 0 Å². The van der Waals surface area contributed by atoms with Crippen molar-refractivity contribution < 1.29 is 8.42 Å². The summed E-state index contributed by atoms with van der Waals surface area (Å²) in [4.78, 5) is 0.124. The zero-order valence-electron chi connectivity index (χ0n) is 12.3. The number of sulfonamides is 1. The summed E-state index contributed by atoms with van der Waals surface area (Å²) in [5.41, 5.74) is 4.26. The summed E-state index contributed by atoms with van der Waals surface area (Å²) in [5, 5.41) is 8.47. The van der Waals surface area contributed by atoms with E-state index in [4.69, 9.17) is 5.14 Å². The lowest BCUT2D eigenvalue weighted by Gasteiger charge is -2.13. The molecule has 0 atom stereocenters. The van der Waals surface area contributed by atoms with Crippen LogP contribution in [-0.4, -0.2) is 8.42 Å². The summed E-state index contributed by atoms with van der Waals surface area (Å²) >= 11 is 0. The Kier molecular flexibility index (Phi) is 4.65. The first-order chi connectivity index (χ1) is 9.91. The van der Waals surface area contributed by atoms with Crippen molar-refractivity contribution in [3.63, 3.8) is 0 Å². The minimum atomic E-state index is -3.68. The number of anilines is 1. The van der Waals surface area contributed by atoms with E-state index in [0.29, 0.717) is 6.54 Å². The first kappa shape index (κ1) is 15.5. The van der Waals surface area contributed by atoms with E-state index in [9.17, 15) is 8.42 Å². The highest BCUT2D eigenvalue weighted by Gasteiger charge is 2.10. The van der Waals surface area contributed by atoms with Crippen LogP contribution in [0.5, 0.6) is 0 Å². The Morgan fingerprint density at radius 2 is 1.76 bits per heavy atom. The molecule has 3 N–H and O–H groups in total. The molecule has 2 rings (SSSR count). The predicted octanol–water partition coefficient (Wildman–Crippen LogP) is 2.82. The molecule has 0 heterocycles. The van der Waals surface area contributed by atoms with Crippen LogP contribution in [0.2, 0.25) is 0 Å². The molecule has 0 aliphatic carbocycles. The average molecular weight is 304 g/mol. The Bertz CT molecular complexity index is 740. The Labute approximate surface area is 126 Å². The molecule has 0 aromatic heterocycles. The largest absolute Gasteiger partial charge is 0.381 e. The van der Waals surface area contributed by atoms with Gasteiger partial charge in [0, 0.05) is 12.2 Å². The monoisotopic (exact) mass is 304 g/mol. The van der Waals surface area contributed by atoms with Gasteiger partial charge in [0.1, 0.15) is 0 Å². The fourth-order valence-electron chi connectivity index (χ4n) is 2.23. The molecule has 0 saturated heterocycles. The summed E-state index contributed by atoms with van der Waals surface area (Å²) in [6.07, 6.45) is 0.966. The zero-order chi connectivity index (χ0) is 15.5. The van der Waals surface area contributed by atoms with Crippen LogP contribution in [0.4, 0.5) is 5.69 Å². The summed E-state index contributed by atoms with van der Waals surface area (Å²) in [6, 6.07) is 13.1. The second kappa shape index (κ2) is 6.28. The number of nitrogens with one attached hydrogen (secondary N) is 1. The van der Waals surface area contributed by atoms with Crippen molar-refractivity contribution in [1.82, 2.24) is 0 Å². The molecule has 0 saturated carbocycles. The van der Waals surface area contributed by atoms with E-state index >= 15 is 0 Å². The van der Waals surface area contributed by atoms with Gasteiger partial charge >= 0.3 is 0 Å². The highest BCUT2D eigenvalue weighted by Crippen LogP contribution is 2.21. The molecule has 112 valence electrons. The summed E-state index contributed by atoms with van der Waals surface area (Å²) in [5.74, 6) is 0. The molecular weight excluding hydrogens is 284 g/mol. The van der Waals surface area contributed by atoms with Gasteiger partial charge in [-0.25, -0.2) is 13.6 Å². The molecular formula is C16H20N2O2S. The Morgan fingerprint density at radius 1 is 1.10 bits per heavy atom. The van der Waals surface area contributed by atoms with Crippen molar-refractivity contribution in [1.29, 1.82) is 0 Å². The van der Waals surface area contributed by atoms with Crippen LogP contribution in [0.3, 0.4) is 0 Å². The van der Waals surface area contributed by atoms with Crippen LogP contribution < -0.4 is 10.5 Å². The number of primary sulfonamides is 1. The number of benzene rings is 2. The summed E-state index contributed by atoms with van der Waals surface area (Å²) < 4.78 is 22.8. The topological polar surface area (TPSA) is 72.2 Å². The molecule has 0 aliphatic heterocycles. The second-order valence-corrected chi connectivity index (χ2v) is 6.56. The molecule has 0 amide bonds. The van der Waals surface area contributed by atoms with Crippen molar-refractivity contribution in [2.24, 2.45) is 5.14 Å². The minimum absolute atomic E-state index is 0.124. The van der Waals surface area contributed by atoms with E-state index in [1.165, 1.54) is 17.2 Å². The van der Waals surface area contributed by atoms with E-state index in [-0.39, 0.29) is 4.90 Å². The van der Waals surface area contributed by atoms with Gasteiger partial charge in [-0.3, -0.25) is 0 Å². The summed E-state index contributed by atoms with van der Waals surface area (Å²) in [6.45, 7) is 4.70. The van der Waals surface area contributed by atoms with Crippen LogP contribution in [0.15, 0.2) is 47.4 Å². The van der Waals surface area contributed by atoms with Crippen LogP contribution in [0.25, 0.3) is 0 Å². The van der Waals surface area contributed by atoms with Crippen LogP contribution in [0, 0.1) is 6.92 Å². The van der Waals surface area contributed by atoms with Gasteiger partial charge in [-0.05, 0) is 42.2 Å². The van der Waals surface area contributed by atoms with Gasteiger partial charge in [0.15, 0.2) is 0 Å². The second-order valence-electron chi connectivity index (χ2n) is 5.00. The highest BCUT2D eigenvalue weighted by atomic mass is 32.2. The van der Waals surface area contributed by atoms with Gasteiger partial charge in [-0.15, -0.1) is 0 Å². The van der Waals surface area contributed by atoms with E-state index in [2.05, 4.69) is 24.4 Å². The van der Waals surface area contributed by atoms with Gasteiger partial charge in [-0.2, -0.15) is 0 Å². The van der Waals surface area contributed by atoms with Crippen molar-refractivity contribution in [2.45, 2.75) is 31.7 Å². The molecule has 0 fully saturated rings. The Balaban J connectivity index is 2.24. The highest BCUT2D eigenvalue weighted by molar-refractivity contribution is 7.89. The van der Waals surface area contributed by atoms with E-state index in [0.717, 1.165) is 17.7 Å². The molecule has 2 aromatic rings.